The maximum atomic E-state index is 5.96. The van der Waals surface area contributed by atoms with Crippen LogP contribution in [0.25, 0.3) is 10.8 Å². The van der Waals surface area contributed by atoms with Gasteiger partial charge in [-0.2, -0.15) is 0 Å². The van der Waals surface area contributed by atoms with Crippen LogP contribution in [0, 0.1) is 5.92 Å². The van der Waals surface area contributed by atoms with Crippen molar-refractivity contribution in [3.8, 4) is 11.8 Å². The number of hydrogen-bond donors (Lipinski definition) is 0. The predicted octanol–water partition coefficient (Wildman–Crippen LogP) is 4.51. The van der Waals surface area contributed by atoms with Gasteiger partial charge in [-0.3, -0.25) is 9.88 Å². The number of fused-ring (bicyclic) bond motifs is 1. The van der Waals surface area contributed by atoms with Gasteiger partial charge in [0.25, 0.3) is 0 Å². The van der Waals surface area contributed by atoms with Crippen molar-refractivity contribution in [3.63, 3.8) is 0 Å². The second kappa shape index (κ2) is 9.85. The smallest absolute Gasteiger partial charge is 0.321 e. The Balaban J connectivity index is 1.27. The molecule has 5 rings (SSSR count). The quantitative estimate of drug-likeness (QED) is 0.452. The third-order valence-electron chi connectivity index (χ3n) is 5.74. The normalized spacial score (nSPS) is 17.2. The van der Waals surface area contributed by atoms with Crippen molar-refractivity contribution in [2.24, 2.45) is 5.92 Å². The average molecular weight is 427 g/mol. The van der Waals surface area contributed by atoms with E-state index in [1.807, 2.05) is 24.5 Å². The lowest BCUT2D eigenvalue weighted by Gasteiger charge is -2.24. The standard InChI is InChI=1S/C26H26N4O2/c1-2-8-25-22(6-1)15-27-16-23(25)13-21-18-30(11-12-31-19-21)17-20-5-3-7-24(14-20)32-26-28-9-4-10-29-26/h1-10,14-16,21H,11-13,17-19H2/t21-/m0/s1. The minimum Gasteiger partial charge on any atom is -0.424 e. The zero-order valence-corrected chi connectivity index (χ0v) is 17.9. The maximum Gasteiger partial charge on any atom is 0.321 e. The first-order chi connectivity index (χ1) is 15.8. The molecule has 0 unspecified atom stereocenters. The van der Waals surface area contributed by atoms with E-state index in [9.17, 15) is 0 Å². The fraction of sp³-hybridized carbons (Fsp3) is 0.269. The largest absolute Gasteiger partial charge is 0.424 e. The number of ether oxygens (including phenoxy) is 2. The molecule has 0 amide bonds. The van der Waals surface area contributed by atoms with E-state index in [1.54, 1.807) is 18.5 Å². The van der Waals surface area contributed by atoms with E-state index < -0.39 is 0 Å². The van der Waals surface area contributed by atoms with Crippen LogP contribution in [0.3, 0.4) is 0 Å². The van der Waals surface area contributed by atoms with Crippen LogP contribution < -0.4 is 4.74 Å². The van der Waals surface area contributed by atoms with Crippen molar-refractivity contribution < 1.29 is 9.47 Å². The summed E-state index contributed by atoms with van der Waals surface area (Å²) in [6, 6.07) is 18.7. The van der Waals surface area contributed by atoms with Crippen LogP contribution in [0.4, 0.5) is 0 Å². The third-order valence-corrected chi connectivity index (χ3v) is 5.74. The van der Waals surface area contributed by atoms with Gasteiger partial charge in [0.15, 0.2) is 0 Å². The summed E-state index contributed by atoms with van der Waals surface area (Å²) < 4.78 is 11.8. The molecule has 32 heavy (non-hydrogen) atoms. The van der Waals surface area contributed by atoms with E-state index in [4.69, 9.17) is 9.47 Å². The lowest BCUT2D eigenvalue weighted by Crippen LogP contribution is -2.30. The highest BCUT2D eigenvalue weighted by Crippen LogP contribution is 2.23. The SMILES string of the molecule is c1cnc(Oc2cccc(CN3CCOC[C@@H](Cc4cncc5ccccc45)C3)c2)nc1. The summed E-state index contributed by atoms with van der Waals surface area (Å²) in [5.74, 6) is 1.17. The molecule has 1 atom stereocenters. The Bertz CT molecular complexity index is 1160. The van der Waals surface area contributed by atoms with Crippen molar-refractivity contribution in [2.75, 3.05) is 26.3 Å². The van der Waals surface area contributed by atoms with Gasteiger partial charge in [-0.05, 0) is 47.1 Å². The summed E-state index contributed by atoms with van der Waals surface area (Å²) in [4.78, 5) is 15.2. The topological polar surface area (TPSA) is 60.4 Å². The zero-order chi connectivity index (χ0) is 21.6. The molecule has 1 aliphatic heterocycles. The highest BCUT2D eigenvalue weighted by Gasteiger charge is 2.20. The van der Waals surface area contributed by atoms with Gasteiger partial charge in [-0.25, -0.2) is 9.97 Å². The van der Waals surface area contributed by atoms with Gasteiger partial charge in [0.05, 0.1) is 13.2 Å². The van der Waals surface area contributed by atoms with Gasteiger partial charge in [0.1, 0.15) is 5.75 Å². The Kier molecular flexibility index (Phi) is 6.32. The molecule has 0 aliphatic carbocycles. The fourth-order valence-electron chi connectivity index (χ4n) is 4.28. The van der Waals surface area contributed by atoms with Gasteiger partial charge >= 0.3 is 6.01 Å². The molecule has 0 saturated carbocycles. The molecule has 6 heteroatoms. The molecule has 1 aliphatic rings. The molecular weight excluding hydrogens is 400 g/mol. The molecular formula is C26H26N4O2. The minimum atomic E-state index is 0.358. The highest BCUT2D eigenvalue weighted by atomic mass is 16.5. The van der Waals surface area contributed by atoms with Crippen LogP contribution in [0.1, 0.15) is 11.1 Å². The molecule has 1 fully saturated rings. The van der Waals surface area contributed by atoms with Crippen molar-refractivity contribution in [2.45, 2.75) is 13.0 Å². The van der Waals surface area contributed by atoms with Gasteiger partial charge in [0.2, 0.25) is 0 Å². The minimum absolute atomic E-state index is 0.358. The third kappa shape index (κ3) is 5.10. The Morgan fingerprint density at radius 3 is 2.84 bits per heavy atom. The summed E-state index contributed by atoms with van der Waals surface area (Å²) in [6.07, 6.45) is 8.25. The molecule has 0 bridgehead atoms. The van der Waals surface area contributed by atoms with Crippen LogP contribution in [-0.2, 0) is 17.7 Å². The summed E-state index contributed by atoms with van der Waals surface area (Å²) >= 11 is 0. The van der Waals surface area contributed by atoms with Crippen molar-refractivity contribution in [1.82, 2.24) is 19.9 Å². The van der Waals surface area contributed by atoms with Crippen LogP contribution in [0.2, 0.25) is 0 Å². The maximum absolute atomic E-state index is 5.96. The summed E-state index contributed by atoms with van der Waals surface area (Å²) in [7, 11) is 0. The first-order valence-electron chi connectivity index (χ1n) is 11.0. The van der Waals surface area contributed by atoms with E-state index in [1.165, 1.54) is 21.9 Å². The zero-order valence-electron chi connectivity index (χ0n) is 17.9. The predicted molar refractivity (Wildman–Crippen MR) is 124 cm³/mol. The van der Waals surface area contributed by atoms with E-state index >= 15 is 0 Å². The second-order valence-electron chi connectivity index (χ2n) is 8.18. The molecule has 4 aromatic rings. The lowest BCUT2D eigenvalue weighted by molar-refractivity contribution is 0.122. The van der Waals surface area contributed by atoms with E-state index in [2.05, 4.69) is 56.3 Å². The van der Waals surface area contributed by atoms with Gasteiger partial charge in [-0.1, -0.05) is 36.4 Å². The number of nitrogens with zero attached hydrogens (tertiary/aromatic N) is 4. The number of rotatable bonds is 6. The van der Waals surface area contributed by atoms with Crippen LogP contribution in [-0.4, -0.2) is 46.2 Å². The molecule has 1 saturated heterocycles. The van der Waals surface area contributed by atoms with Crippen molar-refractivity contribution in [3.05, 3.63) is 90.5 Å². The number of benzene rings is 2. The molecule has 2 aromatic carbocycles. The molecule has 6 nitrogen and oxygen atoms in total. The van der Waals surface area contributed by atoms with Crippen LogP contribution >= 0.6 is 0 Å². The summed E-state index contributed by atoms with van der Waals surface area (Å²) in [5, 5.41) is 2.47. The van der Waals surface area contributed by atoms with E-state index in [0.717, 1.165) is 45.0 Å². The van der Waals surface area contributed by atoms with Gasteiger partial charge < -0.3 is 9.47 Å². The second-order valence-corrected chi connectivity index (χ2v) is 8.18. The van der Waals surface area contributed by atoms with E-state index in [-0.39, 0.29) is 0 Å². The number of hydrogen-bond acceptors (Lipinski definition) is 6. The first-order valence-corrected chi connectivity index (χ1v) is 11.0. The van der Waals surface area contributed by atoms with Crippen molar-refractivity contribution >= 4 is 10.8 Å². The van der Waals surface area contributed by atoms with Gasteiger partial charge in [0, 0.05) is 49.8 Å². The Hall–Kier alpha value is -3.35. The number of pyridine rings is 1. The Labute approximate surface area is 187 Å². The highest BCUT2D eigenvalue weighted by molar-refractivity contribution is 5.84. The van der Waals surface area contributed by atoms with Gasteiger partial charge in [-0.15, -0.1) is 0 Å². The van der Waals surface area contributed by atoms with Crippen LogP contribution in [0.5, 0.6) is 11.8 Å². The Morgan fingerprint density at radius 2 is 1.91 bits per heavy atom. The number of aromatic nitrogens is 3. The summed E-state index contributed by atoms with van der Waals surface area (Å²) in [6.45, 7) is 4.26. The molecule has 0 N–H and O–H groups in total. The monoisotopic (exact) mass is 426 g/mol. The summed E-state index contributed by atoms with van der Waals surface area (Å²) in [5.41, 5.74) is 2.49. The fourth-order valence-corrected chi connectivity index (χ4v) is 4.28. The Morgan fingerprint density at radius 1 is 1.00 bits per heavy atom. The molecule has 0 spiro atoms. The first kappa shape index (κ1) is 20.5. The molecule has 0 radical (unpaired) electrons. The van der Waals surface area contributed by atoms with E-state index in [0.29, 0.717) is 11.9 Å². The lowest BCUT2D eigenvalue weighted by atomic mass is 9.96. The molecule has 2 aromatic heterocycles. The van der Waals surface area contributed by atoms with Crippen LogP contribution in [0.15, 0.2) is 79.4 Å². The molecule has 162 valence electrons. The molecule has 3 heterocycles. The average Bonchev–Trinajstić information content (AvgIpc) is 3.05. The van der Waals surface area contributed by atoms with Crippen molar-refractivity contribution in [1.29, 1.82) is 0 Å².